The van der Waals surface area contributed by atoms with E-state index < -0.39 is 16.5 Å². The SMILES string of the molecule is NCc1ccccc1.O=[PH](O)O.O=[PH](O)O. The van der Waals surface area contributed by atoms with Crippen molar-refractivity contribution in [2.45, 2.75) is 6.54 Å². The maximum absolute atomic E-state index is 8.74. The quantitative estimate of drug-likeness (QED) is 0.448. The molecule has 0 aliphatic heterocycles. The monoisotopic (exact) mass is 271 g/mol. The minimum atomic E-state index is -3.13. The van der Waals surface area contributed by atoms with Gasteiger partial charge in [-0.25, -0.2) is 0 Å². The maximum Gasteiger partial charge on any atom is 0.314 e. The van der Waals surface area contributed by atoms with Crippen molar-refractivity contribution >= 4 is 16.5 Å². The Kier molecular flexibility index (Phi) is 14.0. The molecule has 0 saturated carbocycles. The molecular weight excluding hydrogens is 256 g/mol. The van der Waals surface area contributed by atoms with Crippen LogP contribution in [0.2, 0.25) is 0 Å². The minimum absolute atomic E-state index is 0.640. The summed E-state index contributed by atoms with van der Waals surface area (Å²) in [5.74, 6) is 0. The first-order valence-corrected chi connectivity index (χ1v) is 6.58. The van der Waals surface area contributed by atoms with Crippen molar-refractivity contribution in [2.75, 3.05) is 0 Å². The van der Waals surface area contributed by atoms with Gasteiger partial charge in [-0.3, -0.25) is 9.13 Å². The van der Waals surface area contributed by atoms with Gasteiger partial charge in [0.2, 0.25) is 0 Å². The summed E-state index contributed by atoms with van der Waals surface area (Å²) < 4.78 is 17.5. The van der Waals surface area contributed by atoms with Gasteiger partial charge in [0.25, 0.3) is 0 Å². The highest BCUT2D eigenvalue weighted by atomic mass is 31.1. The standard InChI is InChI=1S/C7H9N.2H3O3P/c8-6-7-4-2-1-3-5-7;2*1-4(2)3/h1-5H,6,8H2;2*4H,(H2,1,2,3). The van der Waals surface area contributed by atoms with E-state index in [2.05, 4.69) is 0 Å². The van der Waals surface area contributed by atoms with Crippen LogP contribution in [0, 0.1) is 0 Å². The molecule has 0 aromatic heterocycles. The van der Waals surface area contributed by atoms with Crippen LogP contribution >= 0.6 is 16.5 Å². The van der Waals surface area contributed by atoms with Crippen molar-refractivity contribution in [2.24, 2.45) is 5.73 Å². The molecule has 0 fully saturated rings. The molecule has 1 aromatic rings. The van der Waals surface area contributed by atoms with E-state index in [1.165, 1.54) is 5.56 Å². The largest absolute Gasteiger partial charge is 0.326 e. The molecule has 7 nitrogen and oxygen atoms in total. The molecule has 0 saturated heterocycles. The summed E-state index contributed by atoms with van der Waals surface area (Å²) in [4.78, 5) is 28.6. The highest BCUT2D eigenvalue weighted by molar-refractivity contribution is 7.31. The summed E-state index contributed by atoms with van der Waals surface area (Å²) in [5.41, 5.74) is 6.54. The van der Waals surface area contributed by atoms with Gasteiger partial charge in [-0.2, -0.15) is 0 Å². The van der Waals surface area contributed by atoms with Gasteiger partial charge in [0, 0.05) is 6.54 Å². The highest BCUT2D eigenvalue weighted by Gasteiger charge is 1.80. The van der Waals surface area contributed by atoms with Crippen LogP contribution in [0.4, 0.5) is 0 Å². The Morgan fingerprint density at radius 1 is 0.938 bits per heavy atom. The molecule has 1 rings (SSSR count). The summed E-state index contributed by atoms with van der Waals surface area (Å²) in [5, 5.41) is 0. The smallest absolute Gasteiger partial charge is 0.314 e. The second-order valence-corrected chi connectivity index (χ2v) is 3.39. The molecule has 94 valence electrons. The molecule has 0 heterocycles. The third-order valence-electron chi connectivity index (χ3n) is 1.08. The molecular formula is C7H15NO6P2. The Balaban J connectivity index is 0. The van der Waals surface area contributed by atoms with E-state index in [0.29, 0.717) is 6.54 Å². The van der Waals surface area contributed by atoms with E-state index >= 15 is 0 Å². The normalized spacial score (nSPS) is 8.94. The molecule has 0 radical (unpaired) electrons. The molecule has 6 N–H and O–H groups in total. The first-order valence-electron chi connectivity index (χ1n) is 3.98. The first kappa shape index (κ1) is 17.9. The zero-order valence-electron chi connectivity index (χ0n) is 8.28. The van der Waals surface area contributed by atoms with Gasteiger partial charge in [-0.05, 0) is 5.56 Å². The average Bonchev–Trinajstić information content (AvgIpc) is 2.17. The maximum atomic E-state index is 8.74. The van der Waals surface area contributed by atoms with Gasteiger partial charge >= 0.3 is 16.5 Å². The lowest BCUT2D eigenvalue weighted by atomic mass is 10.2. The van der Waals surface area contributed by atoms with E-state index in [9.17, 15) is 0 Å². The molecule has 0 spiro atoms. The second kappa shape index (κ2) is 12.5. The fourth-order valence-corrected chi connectivity index (χ4v) is 0.614. The Hall–Kier alpha value is -0.520. The molecule has 0 aliphatic rings. The van der Waals surface area contributed by atoms with Gasteiger partial charge in [0.1, 0.15) is 0 Å². The molecule has 0 aliphatic carbocycles. The third-order valence-corrected chi connectivity index (χ3v) is 1.08. The van der Waals surface area contributed by atoms with Crippen molar-refractivity contribution in [3.8, 4) is 0 Å². The van der Waals surface area contributed by atoms with Crippen LogP contribution in [0.3, 0.4) is 0 Å². The molecule has 1 aromatic carbocycles. The lowest BCUT2D eigenvalue weighted by molar-refractivity contribution is 0.403. The van der Waals surface area contributed by atoms with Gasteiger partial charge in [-0.1, -0.05) is 30.3 Å². The zero-order valence-corrected chi connectivity index (χ0v) is 10.3. The third kappa shape index (κ3) is 23.4. The Labute approximate surface area is 94.1 Å². The first-order chi connectivity index (χ1) is 7.40. The topological polar surface area (TPSA) is 141 Å². The van der Waals surface area contributed by atoms with Crippen molar-refractivity contribution in [1.82, 2.24) is 0 Å². The van der Waals surface area contributed by atoms with E-state index in [1.807, 2.05) is 30.3 Å². The number of hydrogen-bond acceptors (Lipinski definition) is 3. The summed E-state index contributed by atoms with van der Waals surface area (Å²) >= 11 is 0. The average molecular weight is 271 g/mol. The Morgan fingerprint density at radius 2 is 1.25 bits per heavy atom. The predicted molar refractivity (Wildman–Crippen MR) is 61.2 cm³/mol. The van der Waals surface area contributed by atoms with Crippen LogP contribution in [0.15, 0.2) is 30.3 Å². The molecule has 9 heteroatoms. The van der Waals surface area contributed by atoms with Crippen molar-refractivity contribution in [1.29, 1.82) is 0 Å². The van der Waals surface area contributed by atoms with Crippen LogP contribution in [0.25, 0.3) is 0 Å². The lowest BCUT2D eigenvalue weighted by Gasteiger charge is -1.90. The van der Waals surface area contributed by atoms with Crippen LogP contribution < -0.4 is 5.73 Å². The molecule has 0 amide bonds. The van der Waals surface area contributed by atoms with Crippen LogP contribution in [0.1, 0.15) is 5.56 Å². The van der Waals surface area contributed by atoms with Crippen molar-refractivity contribution in [3.63, 3.8) is 0 Å². The fourth-order valence-electron chi connectivity index (χ4n) is 0.614. The van der Waals surface area contributed by atoms with Crippen LogP contribution in [-0.4, -0.2) is 19.6 Å². The highest BCUT2D eigenvalue weighted by Crippen LogP contribution is 1.99. The molecule has 0 bridgehead atoms. The zero-order chi connectivity index (χ0) is 13.0. The summed E-state index contributed by atoms with van der Waals surface area (Å²) in [7, 11) is -6.26. The molecule has 16 heavy (non-hydrogen) atoms. The lowest BCUT2D eigenvalue weighted by Crippen LogP contribution is -1.94. The van der Waals surface area contributed by atoms with E-state index in [4.69, 9.17) is 34.4 Å². The van der Waals surface area contributed by atoms with E-state index in [1.54, 1.807) is 0 Å². The minimum Gasteiger partial charge on any atom is -0.326 e. The molecule has 0 unspecified atom stereocenters. The summed E-state index contributed by atoms with van der Waals surface area (Å²) in [6.45, 7) is 0.640. The van der Waals surface area contributed by atoms with Gasteiger partial charge in [0.15, 0.2) is 0 Å². The van der Waals surface area contributed by atoms with Crippen molar-refractivity contribution in [3.05, 3.63) is 35.9 Å². The summed E-state index contributed by atoms with van der Waals surface area (Å²) in [6, 6.07) is 9.99. The van der Waals surface area contributed by atoms with E-state index in [0.717, 1.165) is 0 Å². The Morgan fingerprint density at radius 3 is 1.44 bits per heavy atom. The number of hydrogen-bond donors (Lipinski definition) is 5. The molecule has 0 atom stereocenters. The van der Waals surface area contributed by atoms with Crippen LogP contribution in [0.5, 0.6) is 0 Å². The Bertz CT molecular complexity index is 287. The van der Waals surface area contributed by atoms with Gasteiger partial charge in [0.05, 0.1) is 0 Å². The van der Waals surface area contributed by atoms with E-state index in [-0.39, 0.29) is 0 Å². The van der Waals surface area contributed by atoms with Crippen LogP contribution in [-0.2, 0) is 15.7 Å². The number of rotatable bonds is 1. The number of benzene rings is 1. The number of nitrogens with two attached hydrogens (primary N) is 1. The van der Waals surface area contributed by atoms with Gasteiger partial charge < -0.3 is 25.3 Å². The fraction of sp³-hybridized carbons (Fsp3) is 0.143. The second-order valence-electron chi connectivity index (χ2n) is 2.25. The summed E-state index contributed by atoms with van der Waals surface area (Å²) in [6.07, 6.45) is 0. The predicted octanol–water partition coefficient (Wildman–Crippen LogP) is -0.133. The van der Waals surface area contributed by atoms with Gasteiger partial charge in [-0.15, -0.1) is 0 Å². The van der Waals surface area contributed by atoms with Crippen molar-refractivity contribution < 1.29 is 28.7 Å².